The first kappa shape index (κ1) is 20.4. The van der Waals surface area contributed by atoms with E-state index in [1.807, 2.05) is 43.3 Å². The number of amides is 1. The van der Waals surface area contributed by atoms with Gasteiger partial charge in [-0.1, -0.05) is 60.7 Å². The summed E-state index contributed by atoms with van der Waals surface area (Å²) in [5.74, 6) is -0.586. The van der Waals surface area contributed by atoms with Crippen LogP contribution in [0.3, 0.4) is 0 Å². The molecule has 1 unspecified atom stereocenters. The summed E-state index contributed by atoms with van der Waals surface area (Å²) in [6.07, 6.45) is 0.358. The number of methoxy groups -OCH3 is 1. The van der Waals surface area contributed by atoms with Gasteiger partial charge in [0.1, 0.15) is 0 Å². The second kappa shape index (κ2) is 10.3. The molecule has 0 aromatic heterocycles. The van der Waals surface area contributed by atoms with E-state index in [0.29, 0.717) is 5.56 Å². The molecule has 0 saturated carbocycles. The molecular weight excluding hydrogens is 342 g/mol. The highest BCUT2D eigenvalue weighted by Gasteiger charge is 2.23. The number of benzene rings is 2. The molecule has 1 atom stereocenters. The Morgan fingerprint density at radius 3 is 2.07 bits per heavy atom. The van der Waals surface area contributed by atoms with E-state index in [-0.39, 0.29) is 49.5 Å². The van der Waals surface area contributed by atoms with Crippen LogP contribution in [-0.2, 0) is 14.3 Å². The van der Waals surface area contributed by atoms with Crippen molar-refractivity contribution in [2.24, 2.45) is 0 Å². The normalized spacial score (nSPS) is 11.5. The molecule has 0 aliphatic carbocycles. The Morgan fingerprint density at radius 2 is 1.48 bits per heavy atom. The van der Waals surface area contributed by atoms with Crippen LogP contribution in [0.2, 0.25) is 0 Å². The van der Waals surface area contributed by atoms with E-state index < -0.39 is 0 Å². The lowest BCUT2D eigenvalue weighted by Crippen LogP contribution is -2.35. The van der Waals surface area contributed by atoms with Gasteiger partial charge in [-0.05, 0) is 12.5 Å². The van der Waals surface area contributed by atoms with Crippen molar-refractivity contribution >= 4 is 17.7 Å². The van der Waals surface area contributed by atoms with Crippen molar-refractivity contribution in [1.29, 1.82) is 0 Å². The zero-order valence-electron chi connectivity index (χ0n) is 15.8. The van der Waals surface area contributed by atoms with Crippen LogP contribution >= 0.6 is 0 Å². The van der Waals surface area contributed by atoms with Crippen molar-refractivity contribution < 1.29 is 19.1 Å². The third kappa shape index (κ3) is 6.06. The number of carbonyl (C=O) groups is 3. The van der Waals surface area contributed by atoms with Crippen LogP contribution in [-0.4, -0.2) is 36.2 Å². The van der Waals surface area contributed by atoms with Gasteiger partial charge in [-0.3, -0.25) is 14.4 Å². The quantitative estimate of drug-likeness (QED) is 0.499. The molecule has 1 amide bonds. The molecule has 0 aliphatic heterocycles. The van der Waals surface area contributed by atoms with Crippen molar-refractivity contribution in [3.05, 3.63) is 71.8 Å². The molecule has 0 N–H and O–H groups in total. The Morgan fingerprint density at radius 1 is 0.889 bits per heavy atom. The Hall–Kier alpha value is -2.95. The molecule has 0 fully saturated rings. The van der Waals surface area contributed by atoms with Gasteiger partial charge in [0.2, 0.25) is 5.91 Å². The summed E-state index contributed by atoms with van der Waals surface area (Å²) in [4.78, 5) is 38.3. The highest BCUT2D eigenvalue weighted by Crippen LogP contribution is 2.22. The van der Waals surface area contributed by atoms with Crippen LogP contribution < -0.4 is 0 Å². The van der Waals surface area contributed by atoms with Crippen molar-refractivity contribution in [1.82, 2.24) is 4.90 Å². The van der Waals surface area contributed by atoms with Gasteiger partial charge in [-0.25, -0.2) is 0 Å². The Kier molecular flexibility index (Phi) is 7.74. The van der Waals surface area contributed by atoms with Crippen LogP contribution in [0, 0.1) is 0 Å². The first-order valence-corrected chi connectivity index (χ1v) is 9.02. The maximum Gasteiger partial charge on any atom is 0.307 e. The number of carbonyl (C=O) groups excluding carboxylic acids is 3. The summed E-state index contributed by atoms with van der Waals surface area (Å²) in [6.45, 7) is 2.17. The molecular formula is C22H25NO4. The topological polar surface area (TPSA) is 63.7 Å². The van der Waals surface area contributed by atoms with E-state index in [1.165, 1.54) is 7.11 Å². The SMILES string of the molecule is COC(=O)CCN(C(=O)CCC(=O)c1ccccc1)C(C)c1ccccc1. The van der Waals surface area contributed by atoms with E-state index in [1.54, 1.807) is 29.2 Å². The van der Waals surface area contributed by atoms with Gasteiger partial charge >= 0.3 is 5.97 Å². The minimum atomic E-state index is -0.367. The van der Waals surface area contributed by atoms with Gasteiger partial charge < -0.3 is 9.64 Å². The Balaban J connectivity index is 2.05. The molecule has 2 rings (SSSR count). The molecule has 27 heavy (non-hydrogen) atoms. The van der Waals surface area contributed by atoms with E-state index >= 15 is 0 Å². The third-order valence-electron chi connectivity index (χ3n) is 4.52. The molecule has 0 radical (unpaired) electrons. The molecule has 0 saturated heterocycles. The number of rotatable bonds is 9. The van der Waals surface area contributed by atoms with Crippen LogP contribution in [0.15, 0.2) is 60.7 Å². The van der Waals surface area contributed by atoms with Gasteiger partial charge in [0.25, 0.3) is 0 Å². The lowest BCUT2D eigenvalue weighted by Gasteiger charge is -2.29. The number of ether oxygens (including phenoxy) is 1. The van der Waals surface area contributed by atoms with Crippen LogP contribution in [0.1, 0.15) is 48.1 Å². The van der Waals surface area contributed by atoms with Crippen molar-refractivity contribution in [3.8, 4) is 0 Å². The lowest BCUT2D eigenvalue weighted by molar-refractivity contribution is -0.142. The lowest BCUT2D eigenvalue weighted by atomic mass is 10.0. The number of nitrogens with zero attached hydrogens (tertiary/aromatic N) is 1. The zero-order chi connectivity index (χ0) is 19.6. The van der Waals surface area contributed by atoms with E-state index in [4.69, 9.17) is 4.74 Å². The second-order valence-electron chi connectivity index (χ2n) is 6.29. The number of esters is 1. The molecule has 0 spiro atoms. The summed E-state index contributed by atoms with van der Waals surface area (Å²) in [7, 11) is 1.33. The summed E-state index contributed by atoms with van der Waals surface area (Å²) >= 11 is 0. The fraction of sp³-hybridized carbons (Fsp3) is 0.318. The van der Waals surface area contributed by atoms with Gasteiger partial charge in [-0.2, -0.15) is 0 Å². The highest BCUT2D eigenvalue weighted by molar-refractivity contribution is 5.97. The number of Topliss-reactive ketones (excluding diaryl/α,β-unsaturated/α-hetero) is 1. The predicted octanol–water partition coefficient (Wildman–Crippen LogP) is 3.80. The maximum atomic E-state index is 12.8. The molecule has 5 nitrogen and oxygen atoms in total. The van der Waals surface area contributed by atoms with Crippen LogP contribution in [0.5, 0.6) is 0 Å². The molecule has 142 valence electrons. The monoisotopic (exact) mass is 367 g/mol. The van der Waals surface area contributed by atoms with Gasteiger partial charge in [0, 0.05) is 24.9 Å². The van der Waals surface area contributed by atoms with Crippen molar-refractivity contribution in [2.75, 3.05) is 13.7 Å². The number of ketones is 1. The minimum Gasteiger partial charge on any atom is -0.469 e. The molecule has 0 heterocycles. The smallest absolute Gasteiger partial charge is 0.307 e. The average Bonchev–Trinajstić information content (AvgIpc) is 2.72. The summed E-state index contributed by atoms with van der Waals surface area (Å²) in [6, 6.07) is 18.4. The fourth-order valence-corrected chi connectivity index (χ4v) is 2.89. The van der Waals surface area contributed by atoms with Gasteiger partial charge in [0.15, 0.2) is 5.78 Å². The van der Waals surface area contributed by atoms with E-state index in [0.717, 1.165) is 5.56 Å². The Bertz CT molecular complexity index is 758. The number of hydrogen-bond acceptors (Lipinski definition) is 4. The summed E-state index contributed by atoms with van der Waals surface area (Å²) in [5, 5.41) is 0. The standard InChI is InChI=1S/C22H25NO4/c1-17(18-9-5-3-6-10-18)23(16-15-22(26)27-2)21(25)14-13-20(24)19-11-7-4-8-12-19/h3-12,17H,13-16H2,1-2H3. The van der Waals surface area contributed by atoms with E-state index in [9.17, 15) is 14.4 Å². The second-order valence-corrected chi connectivity index (χ2v) is 6.29. The molecule has 0 aliphatic rings. The largest absolute Gasteiger partial charge is 0.469 e. The summed E-state index contributed by atoms with van der Waals surface area (Å²) < 4.78 is 4.69. The fourth-order valence-electron chi connectivity index (χ4n) is 2.89. The predicted molar refractivity (Wildman–Crippen MR) is 103 cm³/mol. The summed E-state index contributed by atoms with van der Waals surface area (Å²) in [5.41, 5.74) is 1.58. The molecule has 2 aromatic rings. The van der Waals surface area contributed by atoms with E-state index in [2.05, 4.69) is 0 Å². The number of hydrogen-bond donors (Lipinski definition) is 0. The third-order valence-corrected chi connectivity index (χ3v) is 4.52. The van der Waals surface area contributed by atoms with Crippen LogP contribution in [0.25, 0.3) is 0 Å². The highest BCUT2D eigenvalue weighted by atomic mass is 16.5. The maximum absolute atomic E-state index is 12.8. The van der Waals surface area contributed by atoms with Crippen molar-refractivity contribution in [3.63, 3.8) is 0 Å². The minimum absolute atomic E-state index is 0.0655. The van der Waals surface area contributed by atoms with Gasteiger partial charge in [-0.15, -0.1) is 0 Å². The molecule has 0 bridgehead atoms. The van der Waals surface area contributed by atoms with Crippen molar-refractivity contribution in [2.45, 2.75) is 32.2 Å². The first-order chi connectivity index (χ1) is 13.0. The van der Waals surface area contributed by atoms with Crippen LogP contribution in [0.4, 0.5) is 0 Å². The average molecular weight is 367 g/mol. The van der Waals surface area contributed by atoms with Gasteiger partial charge in [0.05, 0.1) is 19.6 Å². The molecule has 5 heteroatoms. The molecule has 2 aromatic carbocycles. The zero-order valence-corrected chi connectivity index (χ0v) is 15.8. The first-order valence-electron chi connectivity index (χ1n) is 9.02. The Labute approximate surface area is 159 Å².